The predicted octanol–water partition coefficient (Wildman–Crippen LogP) is 2.14. The fraction of sp³-hybridized carbons (Fsp3) is 0.529. The molecule has 2 rings (SSSR count). The molecule has 1 fully saturated rings. The number of aliphatic hydroxyl groups is 1. The first kappa shape index (κ1) is 20.2. The summed E-state index contributed by atoms with van der Waals surface area (Å²) in [5.41, 5.74) is -1.48. The van der Waals surface area contributed by atoms with Gasteiger partial charge in [0.05, 0.1) is 12.2 Å². The van der Waals surface area contributed by atoms with Gasteiger partial charge in [-0.3, -0.25) is 4.79 Å². The van der Waals surface area contributed by atoms with Crippen LogP contribution in [0.5, 0.6) is 0 Å². The number of rotatable bonds is 3. The van der Waals surface area contributed by atoms with E-state index in [0.29, 0.717) is 0 Å². The SMILES string of the molecule is CC(C)(C)OC(=O)C(O)[C@H]1OCCN(c2ccc(C(F)(F)F)cc2)C1=O. The Hall–Kier alpha value is -2.13. The summed E-state index contributed by atoms with van der Waals surface area (Å²) >= 11 is 0. The highest BCUT2D eigenvalue weighted by molar-refractivity contribution is 6.00. The number of aliphatic hydroxyl groups excluding tert-OH is 1. The zero-order chi connectivity index (χ0) is 19.7. The molecule has 1 unspecified atom stereocenters. The van der Waals surface area contributed by atoms with Crippen molar-refractivity contribution in [2.24, 2.45) is 0 Å². The summed E-state index contributed by atoms with van der Waals surface area (Å²) in [5, 5.41) is 10.1. The van der Waals surface area contributed by atoms with Gasteiger partial charge in [-0.2, -0.15) is 13.2 Å². The number of morpholine rings is 1. The fourth-order valence-electron chi connectivity index (χ4n) is 2.40. The van der Waals surface area contributed by atoms with Crippen molar-refractivity contribution in [3.8, 4) is 0 Å². The molecule has 144 valence electrons. The second-order valence-corrected chi connectivity index (χ2v) is 6.80. The number of ether oxygens (including phenoxy) is 2. The van der Waals surface area contributed by atoms with E-state index in [0.717, 1.165) is 24.3 Å². The van der Waals surface area contributed by atoms with Crippen molar-refractivity contribution >= 4 is 17.6 Å². The van der Waals surface area contributed by atoms with Crippen molar-refractivity contribution in [1.29, 1.82) is 0 Å². The molecule has 9 heteroatoms. The van der Waals surface area contributed by atoms with Crippen LogP contribution in [0.4, 0.5) is 18.9 Å². The Kier molecular flexibility index (Phi) is 5.62. The Morgan fingerprint density at radius 2 is 1.85 bits per heavy atom. The standard InChI is InChI=1S/C17H20F3NO5/c1-16(2,3)26-15(24)12(22)13-14(23)21(8-9-25-13)11-6-4-10(5-7-11)17(18,19)20/h4-7,12-13,22H,8-9H2,1-3H3/t12?,13-/m1/s1. The topological polar surface area (TPSA) is 76.1 Å². The first-order chi connectivity index (χ1) is 11.9. The molecule has 0 aliphatic carbocycles. The number of hydrogen-bond donors (Lipinski definition) is 1. The molecule has 1 aromatic rings. The van der Waals surface area contributed by atoms with Gasteiger partial charge in [-0.25, -0.2) is 4.79 Å². The van der Waals surface area contributed by atoms with Crippen LogP contribution in [-0.4, -0.2) is 47.9 Å². The molecule has 1 amide bonds. The number of esters is 1. The molecule has 0 aromatic heterocycles. The molecule has 1 saturated heterocycles. The van der Waals surface area contributed by atoms with Gasteiger partial charge in [-0.05, 0) is 45.0 Å². The smallest absolute Gasteiger partial charge is 0.416 e. The maximum atomic E-state index is 12.6. The number of anilines is 1. The van der Waals surface area contributed by atoms with Crippen molar-refractivity contribution in [1.82, 2.24) is 0 Å². The molecule has 1 heterocycles. The highest BCUT2D eigenvalue weighted by Gasteiger charge is 2.41. The number of amides is 1. The average Bonchev–Trinajstić information content (AvgIpc) is 2.52. The maximum Gasteiger partial charge on any atom is 0.416 e. The van der Waals surface area contributed by atoms with Gasteiger partial charge in [0.15, 0.2) is 12.2 Å². The van der Waals surface area contributed by atoms with Gasteiger partial charge in [0.2, 0.25) is 0 Å². The lowest BCUT2D eigenvalue weighted by molar-refractivity contribution is -0.177. The molecule has 6 nitrogen and oxygen atoms in total. The van der Waals surface area contributed by atoms with Crippen molar-refractivity contribution in [2.45, 2.75) is 44.8 Å². The van der Waals surface area contributed by atoms with E-state index in [1.165, 1.54) is 4.90 Å². The second kappa shape index (κ2) is 7.24. The Morgan fingerprint density at radius 1 is 1.27 bits per heavy atom. The molecule has 0 bridgehead atoms. The summed E-state index contributed by atoms with van der Waals surface area (Å²) in [6, 6.07) is 4.03. The number of carbonyl (C=O) groups excluding carboxylic acids is 2. The van der Waals surface area contributed by atoms with Crippen LogP contribution in [0.3, 0.4) is 0 Å². The van der Waals surface area contributed by atoms with E-state index in [-0.39, 0.29) is 18.8 Å². The second-order valence-electron chi connectivity index (χ2n) is 6.80. The van der Waals surface area contributed by atoms with Crippen LogP contribution in [0.25, 0.3) is 0 Å². The number of nitrogens with zero attached hydrogens (tertiary/aromatic N) is 1. The molecule has 26 heavy (non-hydrogen) atoms. The lowest BCUT2D eigenvalue weighted by atomic mass is 10.1. The molecule has 0 saturated carbocycles. The van der Waals surface area contributed by atoms with Gasteiger partial charge in [-0.15, -0.1) is 0 Å². The Labute approximate surface area is 148 Å². The minimum absolute atomic E-state index is 0.0112. The summed E-state index contributed by atoms with van der Waals surface area (Å²) in [6.45, 7) is 4.92. The van der Waals surface area contributed by atoms with Crippen LogP contribution in [0.2, 0.25) is 0 Å². The van der Waals surface area contributed by atoms with E-state index in [2.05, 4.69) is 0 Å². The van der Waals surface area contributed by atoms with Gasteiger partial charge >= 0.3 is 12.1 Å². The first-order valence-electron chi connectivity index (χ1n) is 7.91. The van der Waals surface area contributed by atoms with Crippen LogP contribution in [0, 0.1) is 0 Å². The number of carbonyl (C=O) groups is 2. The van der Waals surface area contributed by atoms with E-state index in [1.54, 1.807) is 20.8 Å². The summed E-state index contributed by atoms with van der Waals surface area (Å²) in [7, 11) is 0. The summed E-state index contributed by atoms with van der Waals surface area (Å²) in [5.74, 6) is -1.74. The van der Waals surface area contributed by atoms with Gasteiger partial charge < -0.3 is 19.5 Å². The van der Waals surface area contributed by atoms with Crippen molar-refractivity contribution in [3.05, 3.63) is 29.8 Å². The monoisotopic (exact) mass is 375 g/mol. The van der Waals surface area contributed by atoms with Crippen LogP contribution < -0.4 is 4.90 Å². The highest BCUT2D eigenvalue weighted by atomic mass is 19.4. The van der Waals surface area contributed by atoms with Crippen LogP contribution in [-0.2, 0) is 25.2 Å². The molecule has 0 radical (unpaired) electrons. The minimum Gasteiger partial charge on any atom is -0.458 e. The third-order valence-electron chi connectivity index (χ3n) is 3.56. The summed E-state index contributed by atoms with van der Waals surface area (Å²) in [4.78, 5) is 25.7. The molecule has 1 aliphatic rings. The molecule has 2 atom stereocenters. The van der Waals surface area contributed by atoms with Gasteiger partial charge in [0.25, 0.3) is 5.91 Å². The Morgan fingerprint density at radius 3 is 2.35 bits per heavy atom. The quantitative estimate of drug-likeness (QED) is 0.820. The van der Waals surface area contributed by atoms with Gasteiger partial charge in [-0.1, -0.05) is 0 Å². The van der Waals surface area contributed by atoms with E-state index in [1.807, 2.05) is 0 Å². The van der Waals surface area contributed by atoms with E-state index < -0.39 is 41.4 Å². The zero-order valence-corrected chi connectivity index (χ0v) is 14.5. The van der Waals surface area contributed by atoms with Crippen LogP contribution in [0.15, 0.2) is 24.3 Å². The fourth-order valence-corrected chi connectivity index (χ4v) is 2.40. The average molecular weight is 375 g/mol. The lowest BCUT2D eigenvalue weighted by Gasteiger charge is -2.34. The van der Waals surface area contributed by atoms with Crippen LogP contribution in [0.1, 0.15) is 26.3 Å². The maximum absolute atomic E-state index is 12.6. The van der Waals surface area contributed by atoms with E-state index in [9.17, 15) is 27.9 Å². The normalized spacial score (nSPS) is 20.0. The molecule has 1 aliphatic heterocycles. The van der Waals surface area contributed by atoms with E-state index >= 15 is 0 Å². The van der Waals surface area contributed by atoms with Gasteiger partial charge in [0.1, 0.15) is 5.60 Å². The number of halogens is 3. The number of hydrogen-bond acceptors (Lipinski definition) is 5. The minimum atomic E-state index is -4.48. The highest BCUT2D eigenvalue weighted by Crippen LogP contribution is 2.31. The third-order valence-corrected chi connectivity index (χ3v) is 3.56. The molecular formula is C17H20F3NO5. The zero-order valence-electron chi connectivity index (χ0n) is 14.5. The number of alkyl halides is 3. The molecule has 1 aromatic carbocycles. The molecule has 1 N–H and O–H groups in total. The predicted molar refractivity (Wildman–Crippen MR) is 85.4 cm³/mol. The summed E-state index contributed by atoms with van der Waals surface area (Å²) in [6.07, 6.45) is -7.80. The third kappa shape index (κ3) is 4.73. The van der Waals surface area contributed by atoms with Crippen molar-refractivity contribution in [2.75, 3.05) is 18.1 Å². The first-order valence-corrected chi connectivity index (χ1v) is 7.91. The lowest BCUT2D eigenvalue weighted by Crippen LogP contribution is -2.55. The summed E-state index contributed by atoms with van der Waals surface area (Å²) < 4.78 is 48.2. The van der Waals surface area contributed by atoms with Crippen molar-refractivity contribution in [3.63, 3.8) is 0 Å². The Bertz CT molecular complexity index is 666. The largest absolute Gasteiger partial charge is 0.458 e. The molecule has 0 spiro atoms. The Balaban J connectivity index is 2.15. The molecular weight excluding hydrogens is 355 g/mol. The van der Waals surface area contributed by atoms with Crippen LogP contribution >= 0.6 is 0 Å². The number of benzene rings is 1. The van der Waals surface area contributed by atoms with Crippen molar-refractivity contribution < 1.29 is 37.3 Å². The van der Waals surface area contributed by atoms with E-state index in [4.69, 9.17) is 9.47 Å². The van der Waals surface area contributed by atoms with Gasteiger partial charge in [0, 0.05) is 12.2 Å².